The van der Waals surface area contributed by atoms with Crippen molar-refractivity contribution in [3.8, 4) is 17.2 Å². The number of ether oxygens (including phenoxy) is 4. The van der Waals surface area contributed by atoms with Gasteiger partial charge >= 0.3 is 0 Å². The first-order valence-corrected chi connectivity index (χ1v) is 21.5. The van der Waals surface area contributed by atoms with Crippen LogP contribution in [-0.4, -0.2) is 110 Å². The number of guanidine groups is 2. The monoisotopic (exact) mass is 915 g/mol. The van der Waals surface area contributed by atoms with Gasteiger partial charge in [0, 0.05) is 53.3 Å². The molecule has 0 saturated heterocycles. The van der Waals surface area contributed by atoms with Gasteiger partial charge in [0.15, 0.2) is 17.7 Å². The molecule has 0 spiro atoms. The molecule has 0 saturated carbocycles. The predicted octanol–water partition coefficient (Wildman–Crippen LogP) is 2.51. The molecule has 3 aromatic carbocycles. The van der Waals surface area contributed by atoms with Crippen molar-refractivity contribution in [2.75, 3.05) is 65.1 Å². The summed E-state index contributed by atoms with van der Waals surface area (Å²) in [5.74, 6) is -0.260. The lowest BCUT2D eigenvalue weighted by molar-refractivity contribution is -0.134. The number of benzene rings is 3. The topological polar surface area (TPSA) is 310 Å². The summed E-state index contributed by atoms with van der Waals surface area (Å²) in [6, 6.07) is 19.5. The first-order chi connectivity index (χ1) is 31.3. The second-order valence-corrected chi connectivity index (χ2v) is 15.4. The predicted molar refractivity (Wildman–Crippen MR) is 248 cm³/mol. The lowest BCUT2D eigenvalue weighted by atomic mass is 9.83. The quantitative estimate of drug-likeness (QED) is 0.0271. The maximum Gasteiger partial charge on any atom is 0.227 e. The minimum Gasteiger partial charge on any atom is -0.497 e. The van der Waals surface area contributed by atoms with E-state index < -0.39 is 23.8 Å². The number of aliphatic imine (C=N–C) groups is 3. The maximum atomic E-state index is 13.5. The zero-order chi connectivity index (χ0) is 46.7. The van der Waals surface area contributed by atoms with Crippen LogP contribution in [0.3, 0.4) is 0 Å². The van der Waals surface area contributed by atoms with Crippen LogP contribution in [0.2, 0.25) is 5.02 Å². The first-order valence-electron chi connectivity index (χ1n) is 21.1. The van der Waals surface area contributed by atoms with E-state index in [2.05, 4.69) is 30.8 Å². The Balaban J connectivity index is 1.04. The van der Waals surface area contributed by atoms with Crippen LogP contribution in [0.1, 0.15) is 60.9 Å². The summed E-state index contributed by atoms with van der Waals surface area (Å²) >= 11 is 6.23. The van der Waals surface area contributed by atoms with E-state index in [1.165, 1.54) is 0 Å². The fraction of sp³-hybridized carbons (Fsp3) is 0.409. The summed E-state index contributed by atoms with van der Waals surface area (Å²) in [5.41, 5.74) is 31.0. The summed E-state index contributed by atoms with van der Waals surface area (Å²) in [6.45, 7) is 4.09. The van der Waals surface area contributed by atoms with Gasteiger partial charge in [0.1, 0.15) is 30.0 Å². The molecule has 0 aliphatic carbocycles. The Bertz CT molecular complexity index is 2290. The summed E-state index contributed by atoms with van der Waals surface area (Å²) in [7, 11) is 1.61. The highest BCUT2D eigenvalue weighted by atomic mass is 35.5. The third-order valence-corrected chi connectivity index (χ3v) is 10.6. The third-order valence-electron chi connectivity index (χ3n) is 10.3. The standard InChI is InChI=1S/C44H58ClN13O7/c1-27-56-57-41-36(55-39(28-7-9-29(45)10-8-28)35-25-32(62-2)15-16-37(35)58(27)41)26-38(59)54-30-11-13-31(14-12-30)65-24-23-64-22-21-63-20-19-51-42(61)34(6-4-18-53-44(49)50)33(40(46)60)5-3-17-52-43(47)48/h7-16,25,33-34,36H,3-6,17-24,26H2,1-2H3,(H2,46,60)(H,51,61)(H,54,59)(H4,47,48,52)(H4,49,50,53)/t33?,34-,36-/m0/s1. The van der Waals surface area contributed by atoms with Crippen LogP contribution in [0.15, 0.2) is 81.7 Å². The number of carbonyl (C=O) groups is 3. The largest absolute Gasteiger partial charge is 0.497 e. The van der Waals surface area contributed by atoms with Crippen molar-refractivity contribution in [1.82, 2.24) is 20.1 Å². The van der Waals surface area contributed by atoms with Gasteiger partial charge in [0.2, 0.25) is 17.7 Å². The molecular weight excluding hydrogens is 858 g/mol. The molecule has 65 heavy (non-hydrogen) atoms. The van der Waals surface area contributed by atoms with E-state index in [0.717, 1.165) is 16.8 Å². The number of primary amides is 1. The number of rotatable bonds is 26. The number of aryl methyl sites for hydroxylation is 1. The van der Waals surface area contributed by atoms with Gasteiger partial charge in [-0.2, -0.15) is 0 Å². The van der Waals surface area contributed by atoms with E-state index in [4.69, 9.17) is 64.2 Å². The Kier molecular flexibility index (Phi) is 18.9. The van der Waals surface area contributed by atoms with Crippen LogP contribution < -0.4 is 48.8 Å². The molecule has 0 bridgehead atoms. The number of aromatic nitrogens is 3. The lowest BCUT2D eigenvalue weighted by Gasteiger charge is -2.24. The second kappa shape index (κ2) is 24.9. The van der Waals surface area contributed by atoms with Gasteiger partial charge in [-0.1, -0.05) is 23.7 Å². The molecule has 348 valence electrons. The van der Waals surface area contributed by atoms with E-state index in [9.17, 15) is 14.4 Å². The maximum absolute atomic E-state index is 13.5. The fourth-order valence-corrected chi connectivity index (χ4v) is 7.34. The highest BCUT2D eigenvalue weighted by Crippen LogP contribution is 2.35. The highest BCUT2D eigenvalue weighted by Gasteiger charge is 2.32. The molecule has 4 aromatic rings. The molecule has 1 aromatic heterocycles. The van der Waals surface area contributed by atoms with Crippen molar-refractivity contribution in [2.24, 2.45) is 55.5 Å². The molecule has 2 heterocycles. The first kappa shape index (κ1) is 49.2. The number of nitrogens with two attached hydrogens (primary N) is 5. The van der Waals surface area contributed by atoms with Crippen LogP contribution in [0, 0.1) is 18.8 Å². The number of fused-ring (bicyclic) bond motifs is 3. The third kappa shape index (κ3) is 14.9. The second-order valence-electron chi connectivity index (χ2n) is 15.0. The average molecular weight is 916 g/mol. The van der Waals surface area contributed by atoms with Crippen LogP contribution in [-0.2, 0) is 23.9 Å². The van der Waals surface area contributed by atoms with Crippen molar-refractivity contribution in [3.05, 3.63) is 94.5 Å². The van der Waals surface area contributed by atoms with Crippen molar-refractivity contribution >= 4 is 52.6 Å². The molecular formula is C44H58ClN13O7. The Morgan fingerprint density at radius 1 is 0.800 bits per heavy atom. The van der Waals surface area contributed by atoms with Crippen LogP contribution in [0.25, 0.3) is 5.69 Å². The van der Waals surface area contributed by atoms with Crippen LogP contribution >= 0.6 is 11.6 Å². The number of hydrogen-bond donors (Lipinski definition) is 7. The van der Waals surface area contributed by atoms with Gasteiger partial charge in [-0.15, -0.1) is 10.2 Å². The van der Waals surface area contributed by atoms with Crippen molar-refractivity contribution < 1.29 is 33.3 Å². The fourth-order valence-electron chi connectivity index (χ4n) is 7.21. The number of nitrogens with one attached hydrogen (secondary N) is 2. The zero-order valence-corrected chi connectivity index (χ0v) is 37.3. The van der Waals surface area contributed by atoms with Gasteiger partial charge in [0.25, 0.3) is 0 Å². The molecule has 1 unspecified atom stereocenters. The minimum atomic E-state index is -0.729. The molecule has 0 fully saturated rings. The summed E-state index contributed by atoms with van der Waals surface area (Å²) in [5, 5.41) is 15.2. The van der Waals surface area contributed by atoms with E-state index in [1.54, 1.807) is 43.5 Å². The van der Waals surface area contributed by atoms with Gasteiger partial charge in [-0.25, -0.2) is 0 Å². The number of amides is 3. The van der Waals surface area contributed by atoms with Gasteiger partial charge in [0.05, 0.1) is 51.4 Å². The van der Waals surface area contributed by atoms with Crippen molar-refractivity contribution in [3.63, 3.8) is 0 Å². The van der Waals surface area contributed by atoms with Crippen LogP contribution in [0.4, 0.5) is 5.69 Å². The Morgan fingerprint density at radius 2 is 1.43 bits per heavy atom. The average Bonchev–Trinajstić information content (AvgIpc) is 3.60. The normalized spacial score (nSPS) is 13.8. The molecule has 5 rings (SSSR count). The zero-order valence-electron chi connectivity index (χ0n) is 36.6. The van der Waals surface area contributed by atoms with E-state index in [1.807, 2.05) is 41.8 Å². The molecule has 12 N–H and O–H groups in total. The van der Waals surface area contributed by atoms with E-state index >= 15 is 0 Å². The molecule has 0 radical (unpaired) electrons. The molecule has 1 aliphatic rings. The van der Waals surface area contributed by atoms with E-state index in [-0.39, 0.29) is 56.5 Å². The van der Waals surface area contributed by atoms with Crippen molar-refractivity contribution in [1.29, 1.82) is 0 Å². The SMILES string of the molecule is COc1ccc2c(c1)C(c1ccc(Cl)cc1)=N[C@@H](CC(=O)Nc1ccc(OCCOCCOCCNC(=O)[C@@H](CCCN=C(N)N)C(CCCN=C(N)N)C(N)=O)cc1)c1nnc(C)n1-2. The number of hydrogen-bond acceptors (Lipinski definition) is 12. The Morgan fingerprint density at radius 3 is 2.08 bits per heavy atom. The van der Waals surface area contributed by atoms with E-state index in [0.29, 0.717) is 91.6 Å². The van der Waals surface area contributed by atoms with Gasteiger partial charge < -0.3 is 58.2 Å². The van der Waals surface area contributed by atoms with Crippen LogP contribution in [0.5, 0.6) is 11.5 Å². The number of anilines is 1. The summed E-state index contributed by atoms with van der Waals surface area (Å²) in [4.78, 5) is 52.1. The number of nitrogens with zero attached hydrogens (tertiary/aromatic N) is 6. The Labute approximate surface area is 382 Å². The molecule has 3 amide bonds. The number of carbonyl (C=O) groups excluding carboxylic acids is 3. The number of methoxy groups -OCH3 is 1. The molecule has 21 heteroatoms. The lowest BCUT2D eigenvalue weighted by Crippen LogP contribution is -2.41. The van der Waals surface area contributed by atoms with Gasteiger partial charge in [-0.3, -0.25) is 33.9 Å². The van der Waals surface area contributed by atoms with Crippen molar-refractivity contribution in [2.45, 2.75) is 45.1 Å². The summed E-state index contributed by atoms with van der Waals surface area (Å²) in [6.07, 6.45) is 1.62. The molecule has 3 atom stereocenters. The number of halogens is 1. The van der Waals surface area contributed by atoms with Gasteiger partial charge in [-0.05, 0) is 87.2 Å². The highest BCUT2D eigenvalue weighted by molar-refractivity contribution is 6.30. The Hall–Kier alpha value is -6.77. The smallest absolute Gasteiger partial charge is 0.227 e. The minimum absolute atomic E-state index is 0.00142. The molecule has 1 aliphatic heterocycles. The molecule has 20 nitrogen and oxygen atoms in total. The summed E-state index contributed by atoms with van der Waals surface area (Å²) < 4.78 is 24.6.